The van der Waals surface area contributed by atoms with Crippen molar-refractivity contribution in [3.05, 3.63) is 75.8 Å². The van der Waals surface area contributed by atoms with Gasteiger partial charge < -0.3 is 39.9 Å². The van der Waals surface area contributed by atoms with Crippen LogP contribution in [0.1, 0.15) is 53.1 Å². The van der Waals surface area contributed by atoms with Crippen LogP contribution in [0.4, 0.5) is 17.1 Å². The molecule has 0 fully saturated rings. The minimum atomic E-state index is -0.397. The zero-order chi connectivity index (χ0) is 30.6. The molecular weight excluding hydrogens is 556 g/mol. The van der Waals surface area contributed by atoms with E-state index in [2.05, 4.69) is 26.2 Å². The fourth-order valence-electron chi connectivity index (χ4n) is 4.47. The number of amides is 4. The number of aromatic nitrogens is 3. The summed E-state index contributed by atoms with van der Waals surface area (Å²) in [6.45, 7) is 3.30. The Bertz CT molecular complexity index is 1620. The van der Waals surface area contributed by atoms with E-state index in [0.717, 1.165) is 17.8 Å². The molecule has 0 radical (unpaired) electrons. The quantitative estimate of drug-likeness (QED) is 0.198. The van der Waals surface area contributed by atoms with Crippen molar-refractivity contribution in [3.63, 3.8) is 0 Å². The van der Waals surface area contributed by atoms with Crippen LogP contribution in [0.2, 0.25) is 0 Å². The summed E-state index contributed by atoms with van der Waals surface area (Å²) >= 11 is 1.49. The molecule has 0 saturated heterocycles. The maximum atomic E-state index is 13.0. The number of carbonyl (C=O) groups is 4. The highest BCUT2D eigenvalue weighted by Crippen LogP contribution is 2.21. The first-order chi connectivity index (χ1) is 19.9. The molecule has 222 valence electrons. The Morgan fingerprint density at radius 2 is 1.19 bits per heavy atom. The normalized spacial score (nSPS) is 11.0. The largest absolute Gasteiger partial charge is 0.351 e. The second-order valence-corrected chi connectivity index (χ2v) is 11.5. The molecule has 0 unspecified atom stereocenters. The molecule has 13 heteroatoms. The van der Waals surface area contributed by atoms with E-state index in [0.29, 0.717) is 46.3 Å². The van der Waals surface area contributed by atoms with E-state index in [1.807, 2.05) is 26.4 Å². The van der Waals surface area contributed by atoms with E-state index >= 15 is 0 Å². The number of nitrogens with zero attached hydrogens (tertiary/aromatic N) is 4. The van der Waals surface area contributed by atoms with Gasteiger partial charge in [0, 0.05) is 51.2 Å². The third kappa shape index (κ3) is 7.17. The van der Waals surface area contributed by atoms with E-state index in [-0.39, 0.29) is 11.8 Å². The van der Waals surface area contributed by atoms with Crippen LogP contribution in [-0.4, -0.2) is 69.4 Å². The van der Waals surface area contributed by atoms with Gasteiger partial charge in [0.1, 0.15) is 17.1 Å². The average Bonchev–Trinajstić information content (AvgIpc) is 3.68. The smallest absolute Gasteiger partial charge is 0.272 e. The Labute approximate surface area is 248 Å². The summed E-state index contributed by atoms with van der Waals surface area (Å²) in [6, 6.07) is 6.55. The Balaban J connectivity index is 1.37. The fraction of sp³-hybridized carbons (Fsp3) is 0.310. The van der Waals surface area contributed by atoms with E-state index in [9.17, 15) is 19.2 Å². The third-order valence-electron chi connectivity index (χ3n) is 6.66. The minimum Gasteiger partial charge on any atom is -0.351 e. The van der Waals surface area contributed by atoms with Crippen LogP contribution in [0.3, 0.4) is 0 Å². The Morgan fingerprint density at radius 1 is 0.738 bits per heavy atom. The zero-order valence-electron chi connectivity index (χ0n) is 24.6. The van der Waals surface area contributed by atoms with Gasteiger partial charge in [0.15, 0.2) is 0 Å². The molecule has 42 heavy (non-hydrogen) atoms. The number of nitrogens with one attached hydrogen (secondary N) is 4. The average molecular weight is 593 g/mol. The van der Waals surface area contributed by atoms with Crippen molar-refractivity contribution in [2.45, 2.75) is 13.3 Å². The van der Waals surface area contributed by atoms with Crippen molar-refractivity contribution in [2.24, 2.45) is 21.1 Å². The maximum absolute atomic E-state index is 13.0. The molecule has 0 saturated carbocycles. The van der Waals surface area contributed by atoms with Gasteiger partial charge in [0.2, 0.25) is 0 Å². The van der Waals surface area contributed by atoms with E-state index in [1.165, 1.54) is 11.3 Å². The lowest BCUT2D eigenvalue weighted by Gasteiger charge is -2.10. The van der Waals surface area contributed by atoms with Gasteiger partial charge in [-0.15, -0.1) is 11.3 Å². The van der Waals surface area contributed by atoms with Crippen LogP contribution < -0.4 is 21.3 Å². The monoisotopic (exact) mass is 592 g/mol. The molecule has 0 atom stereocenters. The molecule has 0 aliphatic rings. The highest BCUT2D eigenvalue weighted by atomic mass is 32.1. The Kier molecular flexibility index (Phi) is 9.33. The molecule has 0 bridgehead atoms. The zero-order valence-corrected chi connectivity index (χ0v) is 25.4. The van der Waals surface area contributed by atoms with Gasteiger partial charge in [-0.2, -0.15) is 0 Å². The van der Waals surface area contributed by atoms with E-state index < -0.39 is 11.8 Å². The first kappa shape index (κ1) is 30.3. The molecule has 4 heterocycles. The summed E-state index contributed by atoms with van der Waals surface area (Å²) in [5.41, 5.74) is 3.07. The lowest BCUT2D eigenvalue weighted by atomic mass is 10.2. The van der Waals surface area contributed by atoms with Crippen molar-refractivity contribution >= 4 is 52.0 Å². The first-order valence-corrected chi connectivity index (χ1v) is 14.2. The van der Waals surface area contributed by atoms with Crippen LogP contribution in [-0.2, 0) is 21.1 Å². The van der Waals surface area contributed by atoms with Gasteiger partial charge >= 0.3 is 0 Å². The molecule has 12 nitrogen and oxygen atoms in total. The molecule has 4 aromatic rings. The predicted octanol–water partition coefficient (Wildman–Crippen LogP) is 3.51. The number of hydrogen-bond acceptors (Lipinski definition) is 6. The summed E-state index contributed by atoms with van der Waals surface area (Å²) in [4.78, 5) is 54.2. The van der Waals surface area contributed by atoms with Gasteiger partial charge in [0.05, 0.1) is 22.6 Å². The number of rotatable bonds is 11. The fourth-order valence-corrected chi connectivity index (χ4v) is 5.17. The van der Waals surface area contributed by atoms with Crippen LogP contribution in [0, 0.1) is 6.92 Å². The standard InChI is InChI=1S/C29H36N8O4S/c1-18-22(8-11-42-18)26(38)31-19-13-24(36(5)15-19)28(40)33-21-14-25(37(6)17-21)29(41)32-20-12-23(35(4)16-20)27(39)30-9-7-10-34(2)3/h8,11-17H,7,9-10H2,1-6H3,(H,30,39)(H,31,38)(H,32,41)(H,33,40). The van der Waals surface area contributed by atoms with Crippen LogP contribution in [0.5, 0.6) is 0 Å². The number of hydrogen-bond donors (Lipinski definition) is 4. The predicted molar refractivity (Wildman–Crippen MR) is 165 cm³/mol. The summed E-state index contributed by atoms with van der Waals surface area (Å²) in [5, 5.41) is 13.2. The SMILES string of the molecule is Cc1sccc1C(=O)Nc1cc(C(=O)Nc2cc(C(=O)Nc3cc(C(=O)NCCCN(C)C)n(C)c3)n(C)c2)n(C)c1. The highest BCUT2D eigenvalue weighted by Gasteiger charge is 2.19. The van der Waals surface area contributed by atoms with Crippen molar-refractivity contribution < 1.29 is 19.2 Å². The van der Waals surface area contributed by atoms with Gasteiger partial charge in [0.25, 0.3) is 23.6 Å². The van der Waals surface area contributed by atoms with Gasteiger partial charge in [-0.05, 0) is 63.6 Å². The molecule has 0 aliphatic heterocycles. The number of anilines is 3. The van der Waals surface area contributed by atoms with E-state index in [4.69, 9.17) is 0 Å². The summed E-state index contributed by atoms with van der Waals surface area (Å²) in [5.74, 6) is -1.25. The lowest BCUT2D eigenvalue weighted by molar-refractivity contribution is 0.0942. The molecule has 4 amide bonds. The van der Waals surface area contributed by atoms with Crippen molar-refractivity contribution in [1.82, 2.24) is 23.9 Å². The number of aryl methyl sites for hydroxylation is 4. The summed E-state index contributed by atoms with van der Waals surface area (Å²) in [6.07, 6.45) is 5.80. The van der Waals surface area contributed by atoms with Gasteiger partial charge in [-0.1, -0.05) is 0 Å². The van der Waals surface area contributed by atoms with Crippen molar-refractivity contribution in [2.75, 3.05) is 43.1 Å². The topological polar surface area (TPSA) is 134 Å². The summed E-state index contributed by atoms with van der Waals surface area (Å²) < 4.78 is 4.88. The maximum Gasteiger partial charge on any atom is 0.272 e. The van der Waals surface area contributed by atoms with Crippen LogP contribution in [0.15, 0.2) is 48.2 Å². The molecular formula is C29H36N8O4S. The van der Waals surface area contributed by atoms with Crippen molar-refractivity contribution in [1.29, 1.82) is 0 Å². The Morgan fingerprint density at radius 3 is 1.62 bits per heavy atom. The van der Waals surface area contributed by atoms with Crippen molar-refractivity contribution in [3.8, 4) is 0 Å². The molecule has 4 rings (SSSR count). The van der Waals surface area contributed by atoms with Gasteiger partial charge in [-0.25, -0.2) is 0 Å². The molecule has 0 aromatic carbocycles. The van der Waals surface area contributed by atoms with E-state index in [1.54, 1.807) is 77.7 Å². The van der Waals surface area contributed by atoms with Crippen LogP contribution in [0.25, 0.3) is 0 Å². The van der Waals surface area contributed by atoms with Crippen LogP contribution >= 0.6 is 11.3 Å². The number of thiophene rings is 1. The van der Waals surface area contributed by atoms with Gasteiger partial charge in [-0.3, -0.25) is 19.2 Å². The summed E-state index contributed by atoms with van der Waals surface area (Å²) in [7, 11) is 9.11. The Hall–Kier alpha value is -4.62. The number of carbonyl (C=O) groups excluding carboxylic acids is 4. The molecule has 4 N–H and O–H groups in total. The molecule has 0 aliphatic carbocycles. The lowest BCUT2D eigenvalue weighted by Crippen LogP contribution is -2.28. The first-order valence-electron chi connectivity index (χ1n) is 13.3. The molecule has 0 spiro atoms. The molecule has 4 aromatic heterocycles. The highest BCUT2D eigenvalue weighted by molar-refractivity contribution is 7.10. The second kappa shape index (κ2) is 12.9. The third-order valence-corrected chi connectivity index (χ3v) is 7.50. The minimum absolute atomic E-state index is 0.217. The second-order valence-electron chi connectivity index (χ2n) is 10.3.